The van der Waals surface area contributed by atoms with E-state index in [1.54, 1.807) is 7.05 Å². The van der Waals surface area contributed by atoms with E-state index in [9.17, 15) is 14.4 Å². The van der Waals surface area contributed by atoms with Gasteiger partial charge in [0, 0.05) is 20.6 Å². The molecule has 0 atom stereocenters. The molecule has 0 bridgehead atoms. The second-order valence-electron chi connectivity index (χ2n) is 5.59. The van der Waals surface area contributed by atoms with E-state index in [0.717, 1.165) is 17.4 Å². The van der Waals surface area contributed by atoms with Gasteiger partial charge in [-0.3, -0.25) is 23.3 Å². The van der Waals surface area contributed by atoms with Crippen LogP contribution >= 0.6 is 15.9 Å². The van der Waals surface area contributed by atoms with E-state index >= 15 is 0 Å². The van der Waals surface area contributed by atoms with Crippen LogP contribution in [0.5, 0.6) is 0 Å². The zero-order chi connectivity index (χ0) is 16.0. The average molecular weight is 370 g/mol. The molecule has 1 amide bonds. The standard InChI is InChI=1S/C13H16BrN5O3/c1-17-10-9(11(21)18(2)13(17)22)16-12(14)19(10)6-8(20)15-5-7-3-4-7/h7H,3-6H2,1-2H3,(H,15,20). The molecule has 0 spiro atoms. The van der Waals surface area contributed by atoms with Crippen molar-refractivity contribution in [2.75, 3.05) is 6.54 Å². The highest BCUT2D eigenvalue weighted by Crippen LogP contribution is 2.27. The number of nitrogens with one attached hydrogen (secondary N) is 1. The number of aryl methyl sites for hydroxylation is 1. The van der Waals surface area contributed by atoms with Gasteiger partial charge in [0.1, 0.15) is 6.54 Å². The number of halogens is 1. The summed E-state index contributed by atoms with van der Waals surface area (Å²) in [6, 6.07) is 0. The fourth-order valence-electron chi connectivity index (χ4n) is 2.38. The molecule has 0 unspecified atom stereocenters. The zero-order valence-corrected chi connectivity index (χ0v) is 13.9. The number of nitrogens with zero attached hydrogens (tertiary/aromatic N) is 4. The second kappa shape index (κ2) is 5.38. The fourth-order valence-corrected chi connectivity index (χ4v) is 2.85. The van der Waals surface area contributed by atoms with Gasteiger partial charge in [-0.25, -0.2) is 9.78 Å². The molecule has 0 radical (unpaired) electrons. The Morgan fingerprint density at radius 1 is 1.32 bits per heavy atom. The van der Waals surface area contributed by atoms with Crippen LogP contribution in [0.2, 0.25) is 0 Å². The Morgan fingerprint density at radius 3 is 2.64 bits per heavy atom. The van der Waals surface area contributed by atoms with Gasteiger partial charge in [0.2, 0.25) is 5.91 Å². The summed E-state index contributed by atoms with van der Waals surface area (Å²) in [5.74, 6) is 0.420. The van der Waals surface area contributed by atoms with Gasteiger partial charge in [0.25, 0.3) is 5.56 Å². The van der Waals surface area contributed by atoms with E-state index in [4.69, 9.17) is 0 Å². The predicted molar refractivity (Wildman–Crippen MR) is 83.6 cm³/mol. The lowest BCUT2D eigenvalue weighted by atomic mass is 10.4. The maximum Gasteiger partial charge on any atom is 0.332 e. The largest absolute Gasteiger partial charge is 0.354 e. The van der Waals surface area contributed by atoms with Crippen molar-refractivity contribution in [2.24, 2.45) is 20.0 Å². The Bertz CT molecular complexity index is 874. The summed E-state index contributed by atoms with van der Waals surface area (Å²) in [4.78, 5) is 40.3. The molecule has 2 heterocycles. The van der Waals surface area contributed by atoms with Crippen molar-refractivity contribution in [1.29, 1.82) is 0 Å². The van der Waals surface area contributed by atoms with Crippen molar-refractivity contribution < 1.29 is 4.79 Å². The number of amides is 1. The Morgan fingerprint density at radius 2 is 2.00 bits per heavy atom. The van der Waals surface area contributed by atoms with Gasteiger partial charge in [-0.05, 0) is 34.7 Å². The molecule has 3 rings (SSSR count). The van der Waals surface area contributed by atoms with Crippen LogP contribution in [-0.2, 0) is 25.4 Å². The molecule has 2 aromatic rings. The molecule has 1 aliphatic carbocycles. The molecule has 2 aromatic heterocycles. The van der Waals surface area contributed by atoms with Crippen LogP contribution < -0.4 is 16.6 Å². The second-order valence-corrected chi connectivity index (χ2v) is 6.30. The van der Waals surface area contributed by atoms with Crippen LogP contribution in [0.4, 0.5) is 0 Å². The van der Waals surface area contributed by atoms with Gasteiger partial charge in [0.05, 0.1) is 0 Å². The van der Waals surface area contributed by atoms with Crippen LogP contribution in [0, 0.1) is 5.92 Å². The van der Waals surface area contributed by atoms with Gasteiger partial charge in [0.15, 0.2) is 15.9 Å². The lowest BCUT2D eigenvalue weighted by Crippen LogP contribution is -2.38. The molecule has 118 valence electrons. The molecule has 1 fully saturated rings. The van der Waals surface area contributed by atoms with E-state index in [-0.39, 0.29) is 18.0 Å². The number of hydrogen-bond acceptors (Lipinski definition) is 4. The third-order valence-electron chi connectivity index (χ3n) is 3.88. The first-order chi connectivity index (χ1) is 10.4. The molecule has 1 saturated carbocycles. The third-order valence-corrected chi connectivity index (χ3v) is 4.48. The first-order valence-electron chi connectivity index (χ1n) is 6.98. The van der Waals surface area contributed by atoms with Gasteiger partial charge < -0.3 is 5.32 Å². The Kier molecular flexibility index (Phi) is 3.67. The number of fused-ring (bicyclic) bond motifs is 1. The highest BCUT2D eigenvalue weighted by Gasteiger charge is 2.23. The molecule has 1 aliphatic rings. The first-order valence-corrected chi connectivity index (χ1v) is 7.78. The molecule has 22 heavy (non-hydrogen) atoms. The van der Waals surface area contributed by atoms with E-state index in [2.05, 4.69) is 26.2 Å². The molecule has 9 heteroatoms. The van der Waals surface area contributed by atoms with Crippen molar-refractivity contribution in [1.82, 2.24) is 24.0 Å². The minimum absolute atomic E-state index is 0.00422. The maximum atomic E-state index is 12.1. The third kappa shape index (κ3) is 2.49. The van der Waals surface area contributed by atoms with Crippen LogP contribution in [0.25, 0.3) is 11.2 Å². The van der Waals surface area contributed by atoms with Crippen LogP contribution in [0.3, 0.4) is 0 Å². The highest BCUT2D eigenvalue weighted by atomic mass is 79.9. The predicted octanol–water partition coefficient (Wildman–Crippen LogP) is -0.278. The van der Waals surface area contributed by atoms with E-state index in [1.807, 2.05) is 0 Å². The summed E-state index contributed by atoms with van der Waals surface area (Å²) < 4.78 is 4.20. The quantitative estimate of drug-likeness (QED) is 0.750. The summed E-state index contributed by atoms with van der Waals surface area (Å²) in [5, 5.41) is 2.86. The van der Waals surface area contributed by atoms with E-state index in [1.165, 1.54) is 16.2 Å². The molecular formula is C13H16BrN5O3. The Balaban J connectivity index is 2.02. The number of carbonyl (C=O) groups is 1. The minimum Gasteiger partial charge on any atom is -0.354 e. The van der Waals surface area contributed by atoms with Crippen molar-refractivity contribution in [2.45, 2.75) is 19.4 Å². The minimum atomic E-state index is -0.476. The summed E-state index contributed by atoms with van der Waals surface area (Å²) in [7, 11) is 2.95. The fraction of sp³-hybridized carbons (Fsp3) is 0.538. The number of imidazole rings is 1. The highest BCUT2D eigenvalue weighted by molar-refractivity contribution is 9.10. The molecule has 0 saturated heterocycles. The van der Waals surface area contributed by atoms with E-state index in [0.29, 0.717) is 22.8 Å². The molecule has 1 N–H and O–H groups in total. The smallest absolute Gasteiger partial charge is 0.332 e. The molecule has 0 aromatic carbocycles. The molecule has 8 nitrogen and oxygen atoms in total. The van der Waals surface area contributed by atoms with Crippen molar-refractivity contribution in [3.8, 4) is 0 Å². The first kappa shape index (κ1) is 15.0. The lowest BCUT2D eigenvalue weighted by molar-refractivity contribution is -0.121. The monoisotopic (exact) mass is 369 g/mol. The van der Waals surface area contributed by atoms with Gasteiger partial charge in [-0.1, -0.05) is 0 Å². The van der Waals surface area contributed by atoms with Crippen LogP contribution in [0.1, 0.15) is 12.8 Å². The normalized spacial score (nSPS) is 14.5. The van der Waals surface area contributed by atoms with Gasteiger partial charge >= 0.3 is 5.69 Å². The van der Waals surface area contributed by atoms with Crippen molar-refractivity contribution >= 4 is 33.0 Å². The Labute approximate surface area is 133 Å². The van der Waals surface area contributed by atoms with Gasteiger partial charge in [-0.15, -0.1) is 0 Å². The van der Waals surface area contributed by atoms with Gasteiger partial charge in [-0.2, -0.15) is 0 Å². The van der Waals surface area contributed by atoms with Crippen molar-refractivity contribution in [3.05, 3.63) is 25.6 Å². The number of rotatable bonds is 4. The molecule has 0 aliphatic heterocycles. The maximum absolute atomic E-state index is 12.1. The van der Waals surface area contributed by atoms with Crippen LogP contribution in [0.15, 0.2) is 14.3 Å². The summed E-state index contributed by atoms with van der Waals surface area (Å²) in [6.07, 6.45) is 2.31. The molecular weight excluding hydrogens is 354 g/mol. The summed E-state index contributed by atoms with van der Waals surface area (Å²) in [5.41, 5.74) is -0.437. The summed E-state index contributed by atoms with van der Waals surface area (Å²) in [6.45, 7) is 0.675. The Hall–Kier alpha value is -1.90. The summed E-state index contributed by atoms with van der Waals surface area (Å²) >= 11 is 3.26. The zero-order valence-electron chi connectivity index (χ0n) is 12.3. The number of hydrogen-bond donors (Lipinski definition) is 1. The van der Waals surface area contributed by atoms with Crippen molar-refractivity contribution in [3.63, 3.8) is 0 Å². The van der Waals surface area contributed by atoms with E-state index < -0.39 is 11.2 Å². The lowest BCUT2D eigenvalue weighted by Gasteiger charge is -2.09. The average Bonchev–Trinajstić information content (AvgIpc) is 3.26. The number of carbonyl (C=O) groups excluding carboxylic acids is 1. The topological polar surface area (TPSA) is 90.9 Å². The van der Waals surface area contributed by atoms with Crippen LogP contribution in [-0.4, -0.2) is 31.1 Å². The SMILES string of the molecule is Cn1c(=O)c2nc(Br)n(CC(=O)NCC3CC3)c2n(C)c1=O. The number of aromatic nitrogens is 4.